The number of hydrogen-bond donors (Lipinski definition) is 2. The van der Waals surface area contributed by atoms with Crippen molar-refractivity contribution < 1.29 is 4.79 Å². The third kappa shape index (κ3) is 3.77. The molecule has 3 aromatic rings. The summed E-state index contributed by atoms with van der Waals surface area (Å²) < 4.78 is 3.82. The van der Waals surface area contributed by atoms with Gasteiger partial charge in [0.1, 0.15) is 12.2 Å². The van der Waals surface area contributed by atoms with Crippen molar-refractivity contribution in [3.63, 3.8) is 0 Å². The topological polar surface area (TPSA) is 76.2 Å². The molecule has 0 aromatic carbocycles. The van der Waals surface area contributed by atoms with Crippen LogP contribution in [0.3, 0.4) is 0 Å². The summed E-state index contributed by atoms with van der Waals surface area (Å²) in [5.41, 5.74) is 3.05. The van der Waals surface area contributed by atoms with Crippen LogP contribution < -0.4 is 10.6 Å². The fraction of sp³-hybridized carbons (Fsp3) is 0.421. The van der Waals surface area contributed by atoms with Gasteiger partial charge in [0.25, 0.3) is 0 Å². The lowest BCUT2D eigenvalue weighted by molar-refractivity contribution is -0.121. The van der Waals surface area contributed by atoms with E-state index in [1.54, 1.807) is 6.20 Å². The van der Waals surface area contributed by atoms with E-state index in [9.17, 15) is 4.79 Å². The first-order chi connectivity index (χ1) is 12.8. The zero-order chi connectivity index (χ0) is 17.8. The molecule has 0 radical (unpaired) electrons. The van der Waals surface area contributed by atoms with Crippen LogP contribution >= 0.6 is 0 Å². The number of nitrogens with one attached hydrogen (secondary N) is 2. The van der Waals surface area contributed by atoms with Gasteiger partial charge < -0.3 is 15.0 Å². The van der Waals surface area contributed by atoms with Gasteiger partial charge in [-0.05, 0) is 37.6 Å². The molecule has 0 unspecified atom stereocenters. The van der Waals surface area contributed by atoms with Crippen LogP contribution in [0, 0.1) is 0 Å². The number of imidazole rings is 1. The minimum atomic E-state index is -0.0116. The van der Waals surface area contributed by atoms with Crippen LogP contribution in [0.1, 0.15) is 30.1 Å². The number of amides is 1. The Morgan fingerprint density at radius 1 is 1.35 bits per heavy atom. The van der Waals surface area contributed by atoms with Gasteiger partial charge in [0.2, 0.25) is 5.91 Å². The first-order valence-electron chi connectivity index (χ1n) is 9.21. The zero-order valence-corrected chi connectivity index (χ0v) is 14.8. The van der Waals surface area contributed by atoms with Gasteiger partial charge in [0.15, 0.2) is 0 Å². The molecule has 4 heterocycles. The maximum absolute atomic E-state index is 12.3. The van der Waals surface area contributed by atoms with Crippen LogP contribution in [-0.2, 0) is 17.8 Å². The molecule has 0 bridgehead atoms. The fourth-order valence-electron chi connectivity index (χ4n) is 3.56. The van der Waals surface area contributed by atoms with Crippen molar-refractivity contribution in [2.75, 3.05) is 19.6 Å². The minimum Gasteiger partial charge on any atom is -0.354 e. The highest BCUT2D eigenvalue weighted by molar-refractivity contribution is 5.75. The van der Waals surface area contributed by atoms with Crippen molar-refractivity contribution >= 4 is 11.6 Å². The summed E-state index contributed by atoms with van der Waals surface area (Å²) >= 11 is 0. The number of hydrogen-bond acceptors (Lipinski definition) is 4. The van der Waals surface area contributed by atoms with Gasteiger partial charge in [-0.1, -0.05) is 6.07 Å². The number of carbonyl (C=O) groups is 1. The van der Waals surface area contributed by atoms with Crippen LogP contribution in [0.25, 0.3) is 5.65 Å². The van der Waals surface area contributed by atoms with Crippen molar-refractivity contribution in [2.24, 2.45) is 0 Å². The summed E-state index contributed by atoms with van der Waals surface area (Å²) in [5, 5.41) is 10.7. The molecule has 0 spiro atoms. The van der Waals surface area contributed by atoms with E-state index in [1.807, 2.05) is 45.7 Å². The molecule has 1 amide bonds. The Hall–Kier alpha value is -2.67. The molecule has 7 heteroatoms. The van der Waals surface area contributed by atoms with Gasteiger partial charge in [-0.25, -0.2) is 4.98 Å². The number of nitrogens with zero attached hydrogens (tertiary/aromatic N) is 4. The summed E-state index contributed by atoms with van der Waals surface area (Å²) in [6.07, 6.45) is 8.79. The Labute approximate surface area is 152 Å². The molecule has 1 fully saturated rings. The lowest BCUT2D eigenvalue weighted by atomic mass is 9.96. The zero-order valence-electron chi connectivity index (χ0n) is 14.8. The molecular weight excluding hydrogens is 328 g/mol. The highest BCUT2D eigenvalue weighted by Crippen LogP contribution is 2.22. The molecule has 136 valence electrons. The number of piperidine rings is 1. The van der Waals surface area contributed by atoms with E-state index in [4.69, 9.17) is 0 Å². The molecule has 2 N–H and O–H groups in total. The number of rotatable bonds is 6. The molecule has 3 aromatic heterocycles. The average Bonchev–Trinajstić information content (AvgIpc) is 3.28. The standard InChI is InChI=1S/C19H24N6O/c26-19(14-25-17(7-10-22-25)15-4-3-8-20-12-15)21-9-6-16-13-24-11-2-1-5-18(24)23-16/h1-2,5,7,10-11,13,15,20H,3-4,6,8-9,12,14H2,(H,21,26)/t15-/m0/s1. The maximum Gasteiger partial charge on any atom is 0.241 e. The van der Waals surface area contributed by atoms with E-state index in [0.717, 1.165) is 36.5 Å². The molecule has 1 aliphatic rings. The molecule has 0 saturated carbocycles. The Kier molecular flexibility index (Phi) is 4.97. The smallest absolute Gasteiger partial charge is 0.241 e. The van der Waals surface area contributed by atoms with Gasteiger partial charge in [-0.15, -0.1) is 0 Å². The van der Waals surface area contributed by atoms with Gasteiger partial charge in [0.05, 0.1) is 5.69 Å². The van der Waals surface area contributed by atoms with E-state index < -0.39 is 0 Å². The third-order valence-corrected chi connectivity index (χ3v) is 4.88. The van der Waals surface area contributed by atoms with Crippen LogP contribution in [-0.4, -0.2) is 44.7 Å². The second kappa shape index (κ2) is 7.70. The third-order valence-electron chi connectivity index (χ3n) is 4.88. The fourth-order valence-corrected chi connectivity index (χ4v) is 3.56. The van der Waals surface area contributed by atoms with Crippen molar-refractivity contribution in [3.8, 4) is 0 Å². The van der Waals surface area contributed by atoms with Gasteiger partial charge in [-0.2, -0.15) is 5.10 Å². The Balaban J connectivity index is 1.29. The summed E-state index contributed by atoms with van der Waals surface area (Å²) in [7, 11) is 0. The monoisotopic (exact) mass is 352 g/mol. The first kappa shape index (κ1) is 16.8. The summed E-state index contributed by atoms with van der Waals surface area (Å²) in [6.45, 7) is 2.88. The normalized spacial score (nSPS) is 17.5. The van der Waals surface area contributed by atoms with Crippen LogP contribution in [0.2, 0.25) is 0 Å². The highest BCUT2D eigenvalue weighted by Gasteiger charge is 2.19. The lowest BCUT2D eigenvalue weighted by Gasteiger charge is -2.23. The number of aromatic nitrogens is 4. The SMILES string of the molecule is O=C(Cn1nccc1[C@H]1CCCNC1)NCCc1cn2ccccc2n1. The minimum absolute atomic E-state index is 0.0116. The van der Waals surface area contributed by atoms with Gasteiger partial charge >= 0.3 is 0 Å². The summed E-state index contributed by atoms with van der Waals surface area (Å²) in [6, 6.07) is 7.95. The number of fused-ring (bicyclic) bond motifs is 1. The molecule has 26 heavy (non-hydrogen) atoms. The summed E-state index contributed by atoms with van der Waals surface area (Å²) in [5.74, 6) is 0.430. The lowest BCUT2D eigenvalue weighted by Crippen LogP contribution is -2.33. The average molecular weight is 352 g/mol. The van der Waals surface area contributed by atoms with Crippen molar-refractivity contribution in [3.05, 3.63) is 54.2 Å². The van der Waals surface area contributed by atoms with E-state index in [0.29, 0.717) is 18.9 Å². The largest absolute Gasteiger partial charge is 0.354 e. The quantitative estimate of drug-likeness (QED) is 0.702. The Morgan fingerprint density at radius 2 is 2.31 bits per heavy atom. The van der Waals surface area contributed by atoms with E-state index in [-0.39, 0.29) is 12.5 Å². The van der Waals surface area contributed by atoms with Crippen LogP contribution in [0.4, 0.5) is 0 Å². The van der Waals surface area contributed by atoms with Crippen molar-refractivity contribution in [1.29, 1.82) is 0 Å². The second-order valence-corrected chi connectivity index (χ2v) is 6.76. The maximum atomic E-state index is 12.3. The highest BCUT2D eigenvalue weighted by atomic mass is 16.2. The molecule has 1 aliphatic heterocycles. The van der Waals surface area contributed by atoms with E-state index >= 15 is 0 Å². The molecule has 0 aliphatic carbocycles. The summed E-state index contributed by atoms with van der Waals surface area (Å²) in [4.78, 5) is 16.8. The van der Waals surface area contributed by atoms with Crippen LogP contribution in [0.5, 0.6) is 0 Å². The first-order valence-corrected chi connectivity index (χ1v) is 9.21. The van der Waals surface area contributed by atoms with Crippen LogP contribution in [0.15, 0.2) is 42.9 Å². The van der Waals surface area contributed by atoms with Crippen molar-refractivity contribution in [2.45, 2.75) is 31.7 Å². The molecule has 1 saturated heterocycles. The Bertz CT molecular complexity index is 844. The predicted molar refractivity (Wildman–Crippen MR) is 99.0 cm³/mol. The van der Waals surface area contributed by atoms with Crippen molar-refractivity contribution in [1.82, 2.24) is 29.8 Å². The van der Waals surface area contributed by atoms with E-state index in [1.165, 1.54) is 6.42 Å². The Morgan fingerprint density at radius 3 is 3.15 bits per heavy atom. The van der Waals surface area contributed by atoms with Gasteiger partial charge in [-0.3, -0.25) is 9.48 Å². The molecule has 4 rings (SSSR count). The molecule has 1 atom stereocenters. The van der Waals surface area contributed by atoms with Gasteiger partial charge in [0, 0.05) is 49.7 Å². The predicted octanol–water partition coefficient (Wildman–Crippen LogP) is 1.36. The molecular formula is C19H24N6O. The second-order valence-electron chi connectivity index (χ2n) is 6.76. The molecule has 7 nitrogen and oxygen atoms in total. The number of pyridine rings is 1. The number of carbonyl (C=O) groups excluding carboxylic acids is 1. The van der Waals surface area contributed by atoms with E-state index in [2.05, 4.69) is 20.7 Å².